The van der Waals surface area contributed by atoms with E-state index in [4.69, 9.17) is 11.6 Å². The van der Waals surface area contributed by atoms with Crippen LogP contribution in [0, 0.1) is 0 Å². The van der Waals surface area contributed by atoms with Crippen molar-refractivity contribution in [3.05, 3.63) is 57.3 Å². The molecule has 0 bridgehead atoms. The molecule has 1 aliphatic carbocycles. The maximum absolute atomic E-state index is 12.7. The Labute approximate surface area is 165 Å². The Kier molecular flexibility index (Phi) is 4.94. The van der Waals surface area contributed by atoms with Crippen LogP contribution in [0.3, 0.4) is 0 Å². The maximum atomic E-state index is 12.7. The molecule has 142 valence electrons. The van der Waals surface area contributed by atoms with Crippen LogP contribution in [-0.2, 0) is 16.6 Å². The highest BCUT2D eigenvalue weighted by atomic mass is 35.5. The lowest BCUT2D eigenvalue weighted by Gasteiger charge is -2.04. The van der Waals surface area contributed by atoms with E-state index in [0.29, 0.717) is 10.2 Å². The van der Waals surface area contributed by atoms with E-state index in [9.17, 15) is 13.2 Å². The largest absolute Gasteiger partial charge is 0.346 e. The highest BCUT2D eigenvalue weighted by molar-refractivity contribution is 7.91. The van der Waals surface area contributed by atoms with Gasteiger partial charge in [0.05, 0.1) is 10.9 Å². The van der Waals surface area contributed by atoms with E-state index in [1.54, 1.807) is 4.57 Å². The Morgan fingerprint density at radius 3 is 2.56 bits per heavy atom. The summed E-state index contributed by atoms with van der Waals surface area (Å²) in [5, 5.41) is 4.45. The van der Waals surface area contributed by atoms with Gasteiger partial charge in [0.2, 0.25) is 10.0 Å². The lowest BCUT2D eigenvalue weighted by Crippen LogP contribution is -2.31. The minimum absolute atomic E-state index is 0.0632. The van der Waals surface area contributed by atoms with Gasteiger partial charge in [-0.05, 0) is 25.0 Å². The second-order valence-electron chi connectivity index (χ2n) is 6.25. The second-order valence-corrected chi connectivity index (χ2v) is 9.96. The predicted molar refractivity (Wildman–Crippen MR) is 105 cm³/mol. The van der Waals surface area contributed by atoms with Gasteiger partial charge < -0.3 is 0 Å². The van der Waals surface area contributed by atoms with Crippen LogP contribution in [0.4, 0.5) is 0 Å². The molecule has 0 unspecified atom stereocenters. The number of benzene rings is 1. The Morgan fingerprint density at radius 1 is 1.19 bits per heavy atom. The minimum Gasteiger partial charge on any atom is -0.272 e. The third kappa shape index (κ3) is 3.86. The van der Waals surface area contributed by atoms with Crippen molar-refractivity contribution in [1.82, 2.24) is 19.1 Å². The van der Waals surface area contributed by atoms with Crippen LogP contribution >= 0.6 is 22.9 Å². The molecule has 4 rings (SSSR count). The number of halogens is 1. The summed E-state index contributed by atoms with van der Waals surface area (Å²) in [6.45, 7) is 0.213. The molecule has 2 heterocycles. The Balaban J connectivity index is 1.54. The van der Waals surface area contributed by atoms with Crippen LogP contribution in [-0.4, -0.2) is 29.3 Å². The summed E-state index contributed by atoms with van der Waals surface area (Å²) in [5.41, 5.74) is 0.656. The Bertz CT molecular complexity index is 1110. The number of aromatic nitrogens is 3. The fourth-order valence-electron chi connectivity index (χ4n) is 2.81. The highest BCUT2D eigenvalue weighted by Gasteiger charge is 2.30. The van der Waals surface area contributed by atoms with Crippen molar-refractivity contribution in [3.8, 4) is 11.4 Å². The number of nitrogens with zero attached hydrogens (tertiary/aromatic N) is 3. The van der Waals surface area contributed by atoms with Crippen LogP contribution in [0.15, 0.2) is 51.5 Å². The van der Waals surface area contributed by atoms with Crippen LogP contribution in [0.5, 0.6) is 0 Å². The van der Waals surface area contributed by atoms with Crippen molar-refractivity contribution in [2.45, 2.75) is 29.6 Å². The summed E-state index contributed by atoms with van der Waals surface area (Å²) >= 11 is 6.79. The molecule has 1 saturated carbocycles. The fourth-order valence-corrected chi connectivity index (χ4v) is 5.36. The highest BCUT2D eigenvalue weighted by Crippen LogP contribution is 2.36. The van der Waals surface area contributed by atoms with Crippen molar-refractivity contribution in [3.63, 3.8) is 0 Å². The number of sulfonamides is 1. The summed E-state index contributed by atoms with van der Waals surface area (Å²) in [6.07, 6.45) is 1.91. The lowest BCUT2D eigenvalue weighted by atomic mass is 10.2. The molecule has 1 aromatic carbocycles. The first-order valence-electron chi connectivity index (χ1n) is 8.45. The van der Waals surface area contributed by atoms with Gasteiger partial charge in [0.1, 0.15) is 4.21 Å². The van der Waals surface area contributed by atoms with Gasteiger partial charge >= 0.3 is 5.69 Å². The quantitative estimate of drug-likeness (QED) is 0.631. The molecular weight excluding hydrogens is 408 g/mol. The third-order valence-electron chi connectivity index (χ3n) is 4.24. The van der Waals surface area contributed by atoms with Crippen molar-refractivity contribution >= 4 is 33.0 Å². The summed E-state index contributed by atoms with van der Waals surface area (Å²) in [4.78, 5) is 12.7. The molecule has 0 saturated heterocycles. The summed E-state index contributed by atoms with van der Waals surface area (Å²) in [6, 6.07) is 12.7. The molecule has 1 aliphatic rings. The van der Waals surface area contributed by atoms with Gasteiger partial charge in [0.15, 0.2) is 5.82 Å². The Morgan fingerprint density at radius 2 is 1.93 bits per heavy atom. The first kappa shape index (κ1) is 18.4. The van der Waals surface area contributed by atoms with Crippen LogP contribution < -0.4 is 10.4 Å². The monoisotopic (exact) mass is 424 g/mol. The zero-order chi connectivity index (χ0) is 19.0. The van der Waals surface area contributed by atoms with Crippen molar-refractivity contribution in [2.75, 3.05) is 6.54 Å². The van der Waals surface area contributed by atoms with E-state index in [0.717, 1.165) is 29.7 Å². The van der Waals surface area contributed by atoms with E-state index in [1.807, 2.05) is 30.3 Å². The number of thiophene rings is 1. The van der Waals surface area contributed by atoms with Gasteiger partial charge in [-0.1, -0.05) is 41.9 Å². The second kappa shape index (κ2) is 7.23. The van der Waals surface area contributed by atoms with Crippen molar-refractivity contribution in [2.24, 2.45) is 0 Å². The van der Waals surface area contributed by atoms with Gasteiger partial charge in [0.25, 0.3) is 0 Å². The van der Waals surface area contributed by atoms with Gasteiger partial charge in [-0.2, -0.15) is 0 Å². The van der Waals surface area contributed by atoms with Gasteiger partial charge in [-0.3, -0.25) is 4.57 Å². The molecule has 2 aromatic heterocycles. The normalized spacial score (nSPS) is 14.6. The minimum atomic E-state index is -3.65. The molecule has 1 N–H and O–H groups in total. The average Bonchev–Trinajstić information content (AvgIpc) is 3.30. The van der Waals surface area contributed by atoms with Gasteiger partial charge in [-0.25, -0.2) is 22.6 Å². The zero-order valence-corrected chi connectivity index (χ0v) is 16.6. The first-order valence-corrected chi connectivity index (χ1v) is 11.1. The van der Waals surface area contributed by atoms with Crippen molar-refractivity contribution in [1.29, 1.82) is 0 Å². The van der Waals surface area contributed by atoms with E-state index < -0.39 is 10.0 Å². The topological polar surface area (TPSA) is 86.0 Å². The van der Waals surface area contributed by atoms with Crippen LogP contribution in [0.25, 0.3) is 11.4 Å². The molecule has 0 spiro atoms. The predicted octanol–water partition coefficient (Wildman–Crippen LogP) is 2.74. The standard InChI is InChI=1S/C17H17ClN4O3S2/c18-14-8-9-15(26-14)27(24,25)19-10-11-21-17(23)22(13-6-7-13)16(20-21)12-4-2-1-3-5-12/h1-5,8-9,13,19H,6-7,10-11H2. The maximum Gasteiger partial charge on any atom is 0.346 e. The Hall–Kier alpha value is -1.94. The lowest BCUT2D eigenvalue weighted by molar-refractivity contribution is 0.548. The van der Waals surface area contributed by atoms with Gasteiger partial charge in [0, 0.05) is 18.2 Å². The van der Waals surface area contributed by atoms with Gasteiger partial charge in [-0.15, -0.1) is 16.4 Å². The zero-order valence-electron chi connectivity index (χ0n) is 14.2. The molecular formula is C17H17ClN4O3S2. The van der Waals surface area contributed by atoms with Crippen LogP contribution in [0.2, 0.25) is 4.34 Å². The molecule has 0 radical (unpaired) electrons. The number of hydrogen-bond acceptors (Lipinski definition) is 5. The van der Waals surface area contributed by atoms with E-state index in [2.05, 4.69) is 9.82 Å². The third-order valence-corrected chi connectivity index (χ3v) is 7.43. The summed E-state index contributed by atoms with van der Waals surface area (Å²) in [7, 11) is -3.65. The first-order chi connectivity index (χ1) is 13.0. The molecule has 3 aromatic rings. The van der Waals surface area contributed by atoms with E-state index >= 15 is 0 Å². The summed E-state index contributed by atoms with van der Waals surface area (Å²) < 4.78 is 30.6. The SMILES string of the molecule is O=c1n(CCNS(=O)(=O)c2ccc(Cl)s2)nc(-c2ccccc2)n1C1CC1. The molecule has 0 amide bonds. The average molecular weight is 425 g/mol. The molecule has 1 fully saturated rings. The molecule has 10 heteroatoms. The molecule has 7 nitrogen and oxygen atoms in total. The number of nitrogens with one attached hydrogen (secondary N) is 1. The number of hydrogen-bond donors (Lipinski definition) is 1. The molecule has 0 aliphatic heterocycles. The van der Waals surface area contributed by atoms with Crippen molar-refractivity contribution < 1.29 is 8.42 Å². The molecule has 27 heavy (non-hydrogen) atoms. The van der Waals surface area contributed by atoms with E-state index in [1.165, 1.54) is 16.8 Å². The smallest absolute Gasteiger partial charge is 0.272 e. The number of rotatable bonds is 7. The van der Waals surface area contributed by atoms with Crippen LogP contribution in [0.1, 0.15) is 18.9 Å². The van der Waals surface area contributed by atoms with E-state index in [-0.39, 0.29) is 29.0 Å². The fraction of sp³-hybridized carbons (Fsp3) is 0.294. The molecule has 0 atom stereocenters. The summed E-state index contributed by atoms with van der Waals surface area (Å²) in [5.74, 6) is 0.621.